The van der Waals surface area contributed by atoms with Gasteiger partial charge in [0.05, 0.1) is 0 Å². The van der Waals surface area contributed by atoms with Gasteiger partial charge in [-0.1, -0.05) is 42.1 Å². The highest BCUT2D eigenvalue weighted by atomic mass is 32.2. The molecule has 0 aliphatic carbocycles. The fourth-order valence-corrected chi connectivity index (χ4v) is 2.19. The number of aromatic amines is 1. The third-order valence-electron chi connectivity index (χ3n) is 2.16. The molecule has 0 saturated carbocycles. The van der Waals surface area contributed by atoms with Gasteiger partial charge in [0.2, 0.25) is 0 Å². The van der Waals surface area contributed by atoms with Crippen molar-refractivity contribution in [2.45, 2.75) is 18.0 Å². The van der Waals surface area contributed by atoms with E-state index in [1.807, 2.05) is 6.20 Å². The van der Waals surface area contributed by atoms with Crippen LogP contribution in [0.2, 0.25) is 0 Å². The van der Waals surface area contributed by atoms with E-state index >= 15 is 0 Å². The molecule has 2 aromatic rings. The minimum atomic E-state index is 1.02. The zero-order valence-corrected chi connectivity index (χ0v) is 9.33. The second kappa shape index (κ2) is 5.61. The van der Waals surface area contributed by atoms with Gasteiger partial charge in [-0.2, -0.15) is 0 Å². The van der Waals surface area contributed by atoms with Gasteiger partial charge in [0.15, 0.2) is 5.16 Å². The summed E-state index contributed by atoms with van der Waals surface area (Å²) in [6.45, 7) is 0. The highest BCUT2D eigenvalue weighted by Crippen LogP contribution is 2.14. The first-order valence-electron chi connectivity index (χ1n) is 5.11. The number of nitrogens with zero attached hydrogens (tertiary/aromatic N) is 1. The Morgan fingerprint density at radius 3 is 2.80 bits per heavy atom. The first-order valence-corrected chi connectivity index (χ1v) is 6.10. The van der Waals surface area contributed by atoms with E-state index in [1.165, 1.54) is 12.0 Å². The minimum absolute atomic E-state index is 1.02. The smallest absolute Gasteiger partial charge is 0.165 e. The Morgan fingerprint density at radius 1 is 1.20 bits per heavy atom. The molecule has 0 radical (unpaired) electrons. The molecule has 78 valence electrons. The van der Waals surface area contributed by atoms with Crippen molar-refractivity contribution in [2.24, 2.45) is 0 Å². The fraction of sp³-hybridized carbons (Fsp3) is 0.250. The Hall–Kier alpha value is -1.22. The van der Waals surface area contributed by atoms with Crippen molar-refractivity contribution in [2.75, 3.05) is 5.75 Å². The first kappa shape index (κ1) is 10.3. The summed E-state index contributed by atoms with van der Waals surface area (Å²) >= 11 is 1.78. The lowest BCUT2D eigenvalue weighted by molar-refractivity contribution is 0.927. The maximum Gasteiger partial charge on any atom is 0.165 e. The number of nitrogens with one attached hydrogen (secondary N) is 1. The van der Waals surface area contributed by atoms with Gasteiger partial charge in [0, 0.05) is 18.1 Å². The summed E-state index contributed by atoms with van der Waals surface area (Å²) in [4.78, 5) is 7.26. The molecule has 2 nitrogen and oxygen atoms in total. The standard InChI is InChI=1S/C12H14N2S/c1-2-5-11(6-3-1)7-4-10-15-12-13-8-9-14-12/h1-3,5-6,8-9H,4,7,10H2,(H,13,14). The molecule has 0 amide bonds. The molecule has 0 bridgehead atoms. The summed E-state index contributed by atoms with van der Waals surface area (Å²) in [5.74, 6) is 1.11. The number of imidazole rings is 1. The molecule has 0 spiro atoms. The number of hydrogen-bond acceptors (Lipinski definition) is 2. The summed E-state index contributed by atoms with van der Waals surface area (Å²) in [5.41, 5.74) is 1.41. The van der Waals surface area contributed by atoms with Crippen LogP contribution in [0.5, 0.6) is 0 Å². The van der Waals surface area contributed by atoms with Crippen LogP contribution in [0, 0.1) is 0 Å². The average molecular weight is 218 g/mol. The van der Waals surface area contributed by atoms with Crippen LogP contribution in [-0.2, 0) is 6.42 Å². The Kier molecular flexibility index (Phi) is 3.85. The molecule has 1 N–H and O–H groups in total. The van der Waals surface area contributed by atoms with Crippen LogP contribution in [0.4, 0.5) is 0 Å². The van der Waals surface area contributed by atoms with E-state index in [-0.39, 0.29) is 0 Å². The van der Waals surface area contributed by atoms with Crippen molar-refractivity contribution >= 4 is 11.8 Å². The first-order chi connectivity index (χ1) is 7.45. The van der Waals surface area contributed by atoms with Gasteiger partial charge in [0.1, 0.15) is 0 Å². The summed E-state index contributed by atoms with van der Waals surface area (Å²) in [6.07, 6.45) is 5.99. The molecule has 0 aliphatic heterocycles. The number of rotatable bonds is 5. The number of thioether (sulfide) groups is 1. The quantitative estimate of drug-likeness (QED) is 0.617. The van der Waals surface area contributed by atoms with Gasteiger partial charge >= 0.3 is 0 Å². The van der Waals surface area contributed by atoms with Crippen molar-refractivity contribution in [3.8, 4) is 0 Å². The van der Waals surface area contributed by atoms with E-state index in [9.17, 15) is 0 Å². The highest BCUT2D eigenvalue weighted by molar-refractivity contribution is 7.99. The van der Waals surface area contributed by atoms with Crippen molar-refractivity contribution in [3.63, 3.8) is 0 Å². The molecular weight excluding hydrogens is 204 g/mol. The third kappa shape index (κ3) is 3.44. The van der Waals surface area contributed by atoms with Crippen LogP contribution in [-0.4, -0.2) is 15.7 Å². The molecular formula is C12H14N2S. The minimum Gasteiger partial charge on any atom is -0.340 e. The largest absolute Gasteiger partial charge is 0.340 e. The summed E-state index contributed by atoms with van der Waals surface area (Å²) in [5, 5.41) is 1.02. The van der Waals surface area contributed by atoms with Crippen molar-refractivity contribution in [3.05, 3.63) is 48.3 Å². The van der Waals surface area contributed by atoms with Crippen molar-refractivity contribution < 1.29 is 0 Å². The molecule has 0 fully saturated rings. The molecule has 3 heteroatoms. The van der Waals surface area contributed by atoms with E-state index in [2.05, 4.69) is 40.3 Å². The molecule has 1 heterocycles. The Labute approximate surface area is 94.1 Å². The molecule has 0 aliphatic rings. The third-order valence-corrected chi connectivity index (χ3v) is 3.15. The normalized spacial score (nSPS) is 10.4. The maximum atomic E-state index is 4.17. The van der Waals surface area contributed by atoms with E-state index in [1.54, 1.807) is 18.0 Å². The number of aromatic nitrogens is 2. The predicted octanol–water partition coefficient (Wildman–Crippen LogP) is 3.13. The number of H-pyrrole nitrogens is 1. The van der Waals surface area contributed by atoms with Crippen LogP contribution in [0.25, 0.3) is 0 Å². The molecule has 0 unspecified atom stereocenters. The molecule has 2 rings (SSSR count). The Balaban J connectivity index is 1.68. The van der Waals surface area contributed by atoms with Gasteiger partial charge in [-0.05, 0) is 18.4 Å². The van der Waals surface area contributed by atoms with Gasteiger partial charge < -0.3 is 4.98 Å². The van der Waals surface area contributed by atoms with E-state index in [4.69, 9.17) is 0 Å². The monoisotopic (exact) mass is 218 g/mol. The van der Waals surface area contributed by atoms with Crippen molar-refractivity contribution in [1.82, 2.24) is 9.97 Å². The van der Waals surface area contributed by atoms with Crippen LogP contribution in [0.3, 0.4) is 0 Å². The summed E-state index contributed by atoms with van der Waals surface area (Å²) < 4.78 is 0. The summed E-state index contributed by atoms with van der Waals surface area (Å²) in [6, 6.07) is 10.6. The van der Waals surface area contributed by atoms with Crippen LogP contribution >= 0.6 is 11.8 Å². The fourth-order valence-electron chi connectivity index (χ4n) is 1.42. The molecule has 1 aromatic heterocycles. The van der Waals surface area contributed by atoms with Gasteiger partial charge in [-0.25, -0.2) is 4.98 Å². The SMILES string of the molecule is c1ccc(CCCSc2ncc[nH]2)cc1. The highest BCUT2D eigenvalue weighted by Gasteiger charge is 1.96. The number of benzene rings is 1. The van der Waals surface area contributed by atoms with Gasteiger partial charge in [-0.3, -0.25) is 0 Å². The second-order valence-electron chi connectivity index (χ2n) is 3.33. The molecule has 0 saturated heterocycles. The van der Waals surface area contributed by atoms with Crippen LogP contribution in [0.1, 0.15) is 12.0 Å². The van der Waals surface area contributed by atoms with Gasteiger partial charge in [-0.15, -0.1) is 0 Å². The van der Waals surface area contributed by atoms with E-state index in [0.717, 1.165) is 17.3 Å². The zero-order valence-electron chi connectivity index (χ0n) is 8.52. The Morgan fingerprint density at radius 2 is 2.07 bits per heavy atom. The molecule has 0 atom stereocenters. The molecule has 15 heavy (non-hydrogen) atoms. The lowest BCUT2D eigenvalue weighted by atomic mass is 10.1. The lowest BCUT2D eigenvalue weighted by Gasteiger charge is -1.99. The van der Waals surface area contributed by atoms with E-state index in [0.29, 0.717) is 0 Å². The summed E-state index contributed by atoms with van der Waals surface area (Å²) in [7, 11) is 0. The van der Waals surface area contributed by atoms with Crippen LogP contribution < -0.4 is 0 Å². The van der Waals surface area contributed by atoms with E-state index < -0.39 is 0 Å². The Bertz CT molecular complexity index is 370. The predicted molar refractivity (Wildman–Crippen MR) is 64.1 cm³/mol. The zero-order chi connectivity index (χ0) is 10.3. The number of aryl methyl sites for hydroxylation is 1. The number of hydrogen-bond donors (Lipinski definition) is 1. The van der Waals surface area contributed by atoms with Gasteiger partial charge in [0.25, 0.3) is 0 Å². The second-order valence-corrected chi connectivity index (χ2v) is 4.42. The van der Waals surface area contributed by atoms with Crippen LogP contribution in [0.15, 0.2) is 47.9 Å². The average Bonchev–Trinajstić information content (AvgIpc) is 2.79. The van der Waals surface area contributed by atoms with Crippen molar-refractivity contribution in [1.29, 1.82) is 0 Å². The topological polar surface area (TPSA) is 28.7 Å². The maximum absolute atomic E-state index is 4.17. The molecule has 1 aromatic carbocycles. The lowest BCUT2D eigenvalue weighted by Crippen LogP contribution is -1.87.